The number of halogens is 1. The van der Waals surface area contributed by atoms with Gasteiger partial charge in [0.15, 0.2) is 6.61 Å². The number of hydrogen-bond donors (Lipinski definition) is 1. The lowest BCUT2D eigenvalue weighted by Crippen LogP contribution is -2.39. The number of aryl methyl sites for hydroxylation is 1. The molecule has 0 spiro atoms. The van der Waals surface area contributed by atoms with Crippen molar-refractivity contribution in [1.29, 1.82) is 0 Å². The normalized spacial score (nSPS) is 12.8. The molecule has 30 heavy (non-hydrogen) atoms. The minimum absolute atomic E-state index is 0.000375. The Morgan fingerprint density at radius 2 is 1.80 bits per heavy atom. The van der Waals surface area contributed by atoms with Crippen LogP contribution in [-0.4, -0.2) is 25.0 Å². The van der Waals surface area contributed by atoms with E-state index in [1.54, 1.807) is 23.1 Å². The van der Waals surface area contributed by atoms with Gasteiger partial charge >= 0.3 is 0 Å². The smallest absolute Gasteiger partial charge is 0.265 e. The highest BCUT2D eigenvalue weighted by atomic mass is 19.1. The van der Waals surface area contributed by atoms with Crippen molar-refractivity contribution in [3.8, 4) is 5.75 Å². The monoisotopic (exact) mass is 404 g/mol. The summed E-state index contributed by atoms with van der Waals surface area (Å²) in [6, 6.07) is 20.6. The zero-order chi connectivity index (χ0) is 20.9. The summed E-state index contributed by atoms with van der Waals surface area (Å²) in [6.07, 6.45) is 1.67. The average molecular weight is 404 g/mol. The Labute approximate surface area is 174 Å². The maximum absolute atomic E-state index is 13.1. The molecule has 1 aliphatic heterocycles. The molecule has 0 fully saturated rings. The average Bonchev–Trinajstić information content (AvgIpc) is 2.76. The molecule has 1 aliphatic rings. The number of nitrogens with zero attached hydrogens (tertiary/aromatic N) is 1. The standard InChI is InChI=1S/C24H21FN2O3/c25-19-10-8-18(9-11-19)24(29)26-20-12-13-22-21(15-20)27(23(28)16-30-22)14-4-7-17-5-2-1-3-6-17/h1-3,5-6,8-13,15H,4,7,14,16H2,(H,26,29). The first-order valence-electron chi connectivity index (χ1n) is 9.78. The summed E-state index contributed by atoms with van der Waals surface area (Å²) in [5.74, 6) is -0.262. The molecule has 3 aromatic rings. The van der Waals surface area contributed by atoms with Gasteiger partial charge in [0.1, 0.15) is 11.6 Å². The summed E-state index contributed by atoms with van der Waals surface area (Å²) in [6.45, 7) is 0.555. The number of amides is 2. The highest BCUT2D eigenvalue weighted by Crippen LogP contribution is 2.35. The summed E-state index contributed by atoms with van der Waals surface area (Å²) < 4.78 is 18.6. The summed E-state index contributed by atoms with van der Waals surface area (Å²) in [7, 11) is 0. The van der Waals surface area contributed by atoms with Crippen LogP contribution < -0.4 is 15.0 Å². The predicted molar refractivity (Wildman–Crippen MR) is 113 cm³/mol. The lowest BCUT2D eigenvalue weighted by Gasteiger charge is -2.30. The summed E-state index contributed by atoms with van der Waals surface area (Å²) in [5.41, 5.74) is 2.74. The maximum Gasteiger partial charge on any atom is 0.265 e. The number of carbonyl (C=O) groups excluding carboxylic acids is 2. The summed E-state index contributed by atoms with van der Waals surface area (Å²) in [4.78, 5) is 26.6. The fraction of sp³-hybridized carbons (Fsp3) is 0.167. The molecule has 5 nitrogen and oxygen atoms in total. The lowest BCUT2D eigenvalue weighted by molar-refractivity contribution is -0.121. The van der Waals surface area contributed by atoms with E-state index in [1.807, 2.05) is 18.2 Å². The van der Waals surface area contributed by atoms with Crippen LogP contribution in [0.15, 0.2) is 72.8 Å². The van der Waals surface area contributed by atoms with Gasteiger partial charge in [-0.15, -0.1) is 0 Å². The number of hydrogen-bond acceptors (Lipinski definition) is 3. The summed E-state index contributed by atoms with van der Waals surface area (Å²) in [5, 5.41) is 2.79. The molecule has 0 aliphatic carbocycles. The molecule has 0 aromatic heterocycles. The van der Waals surface area contributed by atoms with Crippen LogP contribution in [0.3, 0.4) is 0 Å². The Morgan fingerprint density at radius 3 is 2.57 bits per heavy atom. The quantitative estimate of drug-likeness (QED) is 0.661. The van der Waals surface area contributed by atoms with Gasteiger partial charge in [0.05, 0.1) is 5.69 Å². The van der Waals surface area contributed by atoms with Crippen molar-refractivity contribution in [2.45, 2.75) is 12.8 Å². The molecule has 0 atom stereocenters. The highest BCUT2D eigenvalue weighted by Gasteiger charge is 2.25. The van der Waals surface area contributed by atoms with Crippen molar-refractivity contribution in [2.75, 3.05) is 23.4 Å². The number of anilines is 2. The van der Waals surface area contributed by atoms with Gasteiger partial charge in [0.25, 0.3) is 11.8 Å². The Morgan fingerprint density at radius 1 is 1.03 bits per heavy atom. The lowest BCUT2D eigenvalue weighted by atomic mass is 10.1. The van der Waals surface area contributed by atoms with Crippen molar-refractivity contribution < 1.29 is 18.7 Å². The second kappa shape index (κ2) is 8.78. The summed E-state index contributed by atoms with van der Waals surface area (Å²) >= 11 is 0. The second-order valence-corrected chi connectivity index (χ2v) is 7.07. The molecule has 1 N–H and O–H groups in total. The van der Waals surface area contributed by atoms with E-state index < -0.39 is 5.82 Å². The molecular formula is C24H21FN2O3. The molecule has 0 bridgehead atoms. The SMILES string of the molecule is O=C(Nc1ccc2c(c1)N(CCCc1ccccc1)C(=O)CO2)c1ccc(F)cc1. The number of nitrogens with one attached hydrogen (secondary N) is 1. The molecule has 3 aromatic carbocycles. The molecule has 6 heteroatoms. The van der Waals surface area contributed by atoms with E-state index in [1.165, 1.54) is 29.8 Å². The van der Waals surface area contributed by atoms with Crippen LogP contribution in [0.2, 0.25) is 0 Å². The third-order valence-corrected chi connectivity index (χ3v) is 4.96. The van der Waals surface area contributed by atoms with E-state index >= 15 is 0 Å². The van der Waals surface area contributed by atoms with Crippen LogP contribution in [0.25, 0.3) is 0 Å². The van der Waals surface area contributed by atoms with Gasteiger partial charge in [-0.1, -0.05) is 30.3 Å². The minimum atomic E-state index is -0.401. The van der Waals surface area contributed by atoms with Crippen molar-refractivity contribution in [3.63, 3.8) is 0 Å². The third kappa shape index (κ3) is 4.49. The van der Waals surface area contributed by atoms with Gasteiger partial charge in [-0.25, -0.2) is 4.39 Å². The zero-order valence-electron chi connectivity index (χ0n) is 16.3. The van der Waals surface area contributed by atoms with Crippen LogP contribution >= 0.6 is 0 Å². The van der Waals surface area contributed by atoms with Crippen molar-refractivity contribution >= 4 is 23.2 Å². The van der Waals surface area contributed by atoms with E-state index in [-0.39, 0.29) is 18.4 Å². The van der Waals surface area contributed by atoms with Crippen molar-refractivity contribution in [2.24, 2.45) is 0 Å². The Balaban J connectivity index is 1.48. The first-order valence-corrected chi connectivity index (χ1v) is 9.78. The van der Waals surface area contributed by atoms with Gasteiger partial charge in [-0.05, 0) is 60.9 Å². The Kier molecular flexibility index (Phi) is 5.75. The molecule has 0 unspecified atom stereocenters. The van der Waals surface area contributed by atoms with Crippen LogP contribution in [0.5, 0.6) is 5.75 Å². The van der Waals surface area contributed by atoms with Crippen LogP contribution in [0.1, 0.15) is 22.3 Å². The number of benzene rings is 3. The molecule has 2 amide bonds. The van der Waals surface area contributed by atoms with Crippen molar-refractivity contribution in [3.05, 3.63) is 89.7 Å². The van der Waals surface area contributed by atoms with E-state index in [2.05, 4.69) is 17.4 Å². The van der Waals surface area contributed by atoms with Crippen LogP contribution in [-0.2, 0) is 11.2 Å². The van der Waals surface area contributed by atoms with Gasteiger partial charge in [-0.3, -0.25) is 9.59 Å². The largest absolute Gasteiger partial charge is 0.482 e. The number of carbonyl (C=O) groups is 2. The molecule has 0 radical (unpaired) electrons. The van der Waals surface area contributed by atoms with E-state index in [9.17, 15) is 14.0 Å². The Hall–Kier alpha value is -3.67. The zero-order valence-corrected chi connectivity index (χ0v) is 16.3. The fourth-order valence-electron chi connectivity index (χ4n) is 3.42. The molecule has 1 heterocycles. The van der Waals surface area contributed by atoms with E-state index in [0.717, 1.165) is 12.8 Å². The van der Waals surface area contributed by atoms with Crippen molar-refractivity contribution in [1.82, 2.24) is 0 Å². The van der Waals surface area contributed by atoms with Gasteiger partial charge in [0, 0.05) is 17.8 Å². The van der Waals surface area contributed by atoms with Gasteiger partial charge < -0.3 is 15.0 Å². The number of fused-ring (bicyclic) bond motifs is 1. The fourth-order valence-corrected chi connectivity index (χ4v) is 3.42. The molecule has 152 valence electrons. The van der Waals surface area contributed by atoms with E-state index in [4.69, 9.17) is 4.74 Å². The van der Waals surface area contributed by atoms with E-state index in [0.29, 0.717) is 29.2 Å². The first kappa shape index (κ1) is 19.6. The second-order valence-electron chi connectivity index (χ2n) is 7.07. The third-order valence-electron chi connectivity index (χ3n) is 4.96. The first-order chi connectivity index (χ1) is 14.6. The molecule has 0 saturated heterocycles. The van der Waals surface area contributed by atoms with Crippen LogP contribution in [0, 0.1) is 5.82 Å². The minimum Gasteiger partial charge on any atom is -0.482 e. The predicted octanol–water partition coefficient (Wildman–Crippen LogP) is 4.44. The topological polar surface area (TPSA) is 58.6 Å². The number of ether oxygens (including phenoxy) is 1. The Bertz CT molecular complexity index is 1050. The molecule has 4 rings (SSSR count). The molecule has 0 saturated carbocycles. The van der Waals surface area contributed by atoms with Gasteiger partial charge in [0.2, 0.25) is 0 Å². The molecular weight excluding hydrogens is 383 g/mol. The maximum atomic E-state index is 13.1. The van der Waals surface area contributed by atoms with Gasteiger partial charge in [-0.2, -0.15) is 0 Å². The van der Waals surface area contributed by atoms with Crippen LogP contribution in [0.4, 0.5) is 15.8 Å². The highest BCUT2D eigenvalue weighted by molar-refractivity contribution is 6.05. The number of rotatable bonds is 6.